The molecule has 4 aliphatic heterocycles. The van der Waals surface area contributed by atoms with Crippen LogP contribution < -0.4 is 40.6 Å². The zero-order valence-electron chi connectivity index (χ0n) is 77.6. The van der Waals surface area contributed by atoms with Gasteiger partial charge in [-0.2, -0.15) is 20.2 Å². The summed E-state index contributed by atoms with van der Waals surface area (Å²) >= 11 is 0. The number of fused-ring (bicyclic) bond motifs is 8. The van der Waals surface area contributed by atoms with Crippen LogP contribution in [0.5, 0.6) is 23.3 Å². The Bertz CT molecular complexity index is 6490. The Morgan fingerprint density at radius 3 is 1.55 bits per heavy atom. The van der Waals surface area contributed by atoms with Gasteiger partial charge in [0.25, 0.3) is 23.6 Å². The van der Waals surface area contributed by atoms with E-state index >= 15 is 0 Å². The highest BCUT2D eigenvalue weighted by Gasteiger charge is 2.48. The smallest absolute Gasteiger partial charge is 0.326 e. The van der Waals surface area contributed by atoms with Crippen LogP contribution in [-0.4, -0.2) is 254 Å². The van der Waals surface area contributed by atoms with E-state index in [9.17, 15) is 52.3 Å². The van der Waals surface area contributed by atoms with Crippen molar-refractivity contribution in [1.82, 2.24) is 80.2 Å². The van der Waals surface area contributed by atoms with Crippen LogP contribution in [0, 0.1) is 34.6 Å². The third kappa shape index (κ3) is 21.4. The molecule has 2 saturated heterocycles. The predicted octanol–water partition coefficient (Wildman–Crippen LogP) is 10.7. The van der Waals surface area contributed by atoms with Crippen LogP contribution in [0.2, 0.25) is 0 Å². The average molecular weight is 1870 g/mol. The normalized spacial score (nSPS) is 15.9. The van der Waals surface area contributed by atoms with Gasteiger partial charge in [-0.25, -0.2) is 14.6 Å². The number of hydrogen-bond acceptors (Lipinski definition) is 32. The van der Waals surface area contributed by atoms with Gasteiger partial charge >= 0.3 is 12.5 Å². The molecule has 8 aromatic heterocycles. The molecule has 7 N–H and O–H groups in total. The summed E-state index contributed by atoms with van der Waals surface area (Å²) < 4.78 is 85.6. The minimum absolute atomic E-state index is 0.00180. The minimum Gasteiger partial charge on any atom is -0.496 e. The van der Waals surface area contributed by atoms with Gasteiger partial charge in [0.05, 0.1) is 150 Å². The molecule has 40 nitrogen and oxygen atoms in total. The SMILES string of the molecule is CCn1nc(C2CC2)cc1Cc1nc(OC=O)nc2[nH]c3cc(-c4c(C)noc4C)c(OC)cc3c12.CCn1nc(C2CC2)cc1Nc1nc(C(=O)CCCOCCOCCOCCOc2cccc3c2C(=O)N(C2CCC(=O)NC2=O)C3=O)nc2[nH]c3cc(-c4c(C)noc4C)c(C)cc3c12.NCCOCCOCCOCCOc1cccc2c1C(=O)N(C1CCC(=O)NC1=O)C2=O.[2H]CF. The quantitative estimate of drug-likeness (QED) is 0.00895. The maximum atomic E-state index is 13.6. The lowest BCUT2D eigenvalue weighted by Gasteiger charge is -2.27. The summed E-state index contributed by atoms with van der Waals surface area (Å²) in [5.74, 6) is 0.225. The van der Waals surface area contributed by atoms with E-state index in [1.165, 1.54) is 25.0 Å². The number of H-pyrrole nitrogens is 2. The number of nitrogens with one attached hydrogen (secondary N) is 5. The molecule has 18 rings (SSSR count). The molecule has 2 aliphatic carbocycles. The lowest BCUT2D eigenvalue weighted by atomic mass is 9.97. The van der Waals surface area contributed by atoms with Crippen LogP contribution >= 0.6 is 0 Å². The number of ether oxygens (including phenoxy) is 10. The van der Waals surface area contributed by atoms with Crippen LogP contribution in [-0.2, 0) is 71.9 Å². The van der Waals surface area contributed by atoms with Gasteiger partial charge in [-0.05, 0) is 159 Å². The highest BCUT2D eigenvalue weighted by Crippen LogP contribution is 2.46. The van der Waals surface area contributed by atoms with Gasteiger partial charge < -0.3 is 77.4 Å². The number of aryl methyl sites for hydroxylation is 7. The Hall–Kier alpha value is -14.0. The first-order valence-electron chi connectivity index (χ1n) is 45.8. The van der Waals surface area contributed by atoms with Crippen molar-refractivity contribution in [2.45, 2.75) is 156 Å². The number of rotatable bonds is 42. The minimum atomic E-state index is -1.06. The number of nitrogens with zero attached hydrogens (tertiary/aromatic N) is 12. The molecule has 0 radical (unpaired) electrons. The summed E-state index contributed by atoms with van der Waals surface area (Å²) in [5.41, 5.74) is 19.0. The number of hydrogen-bond donors (Lipinski definition) is 6. The second-order valence-corrected chi connectivity index (χ2v) is 32.9. The number of carbonyl (C=O) groups is 10. The van der Waals surface area contributed by atoms with Crippen LogP contribution in [0.4, 0.5) is 16.0 Å². The molecule has 2 atom stereocenters. The second kappa shape index (κ2) is 44.0. The molecule has 716 valence electrons. The second-order valence-electron chi connectivity index (χ2n) is 32.9. The van der Waals surface area contributed by atoms with Gasteiger partial charge in [0.15, 0.2) is 11.6 Å². The Kier molecular flexibility index (Phi) is 30.8. The molecule has 136 heavy (non-hydrogen) atoms. The Morgan fingerprint density at radius 2 is 1.05 bits per heavy atom. The molecule has 2 saturated carbocycles. The third-order valence-corrected chi connectivity index (χ3v) is 23.8. The number of Topliss-reactive ketones (excluding diaryl/α,β-unsaturated/α-hetero) is 1. The number of aromatic amines is 2. The molecule has 12 aromatic rings. The lowest BCUT2D eigenvalue weighted by molar-refractivity contribution is -0.137. The van der Waals surface area contributed by atoms with Gasteiger partial charge in [-0.1, -0.05) is 22.4 Å². The summed E-state index contributed by atoms with van der Waals surface area (Å²) in [6.45, 7) is 20.5. The zero-order valence-corrected chi connectivity index (χ0v) is 76.6. The summed E-state index contributed by atoms with van der Waals surface area (Å²) in [7, 11) is 0.643. The van der Waals surface area contributed by atoms with Gasteiger partial charge in [-0.3, -0.25) is 77.5 Å². The lowest BCUT2D eigenvalue weighted by Crippen LogP contribution is -2.54. The van der Waals surface area contributed by atoms with E-state index in [0.29, 0.717) is 132 Å². The standard InChI is InChI=1S/C47H51N9O10.C26H26N6O4.C21H27N3O8.CH3F/c1-5-55-37(24-32(53-55)28-11-12-28)49-44-41-31-22-25(2)30(39-26(3)54-66-27(39)4)23-33(31)48-43(41)51-42(52-44)35(57)9-7-15-62-16-17-63-18-19-64-20-21-65-36-10-6-8-29-40(36)47(61)56(46(29)60)34-13-14-38(58)50-45(34)59;1-5-32-16(8-19(30-32)15-6-7-15)9-21-24-17-11-22(34-4)18(23-13(2)31-36-14(23)3)10-20(17)27-25(24)29-26(28-21)35-12-33;22-6-7-29-8-9-30-10-11-31-12-13-32-16-3-1-2-14-18(16)21(28)24(20(14)27)15-4-5-17(25)23-19(15)26;1-2/h6,8,10,22-24,28,34H,5,7,9,11-21H2,1-4H3,(H,50,58,59)(H2,48,49,51,52);8,10-12,15H,5-7,9H2,1-4H3,(H,27,28,29);1-3,15H,4-13,22H2,(H,23,25,26);1H3/i;;;1D. The van der Waals surface area contributed by atoms with E-state index in [1.54, 1.807) is 31.4 Å². The fraction of sp³-hybridized carbons (Fsp3) is 0.432. The first-order chi connectivity index (χ1) is 66.5. The molecule has 4 aromatic carbocycles. The molecule has 0 bridgehead atoms. The number of aromatic nitrogens is 12. The summed E-state index contributed by atoms with van der Waals surface area (Å²) in [4.78, 5) is 152. The van der Waals surface area contributed by atoms with Crippen LogP contribution in [0.25, 0.3) is 66.1 Å². The van der Waals surface area contributed by atoms with E-state index in [4.69, 9.17) is 83.7 Å². The number of ketones is 1. The van der Waals surface area contributed by atoms with Crippen molar-refractivity contribution < 1.29 is 110 Å². The molecule has 12 heterocycles. The molecule has 0 spiro atoms. The first-order valence-corrected chi connectivity index (χ1v) is 45.1. The highest BCUT2D eigenvalue weighted by atomic mass is 19.1. The topological polar surface area (TPSA) is 502 Å². The molecule has 41 heteroatoms. The number of methoxy groups -OCH3 is 1. The predicted molar refractivity (Wildman–Crippen MR) is 488 cm³/mol. The Labute approximate surface area is 779 Å². The summed E-state index contributed by atoms with van der Waals surface area (Å²) in [5, 5.41) is 29.3. The van der Waals surface area contributed by atoms with E-state index in [1.807, 2.05) is 56.1 Å². The van der Waals surface area contributed by atoms with Gasteiger partial charge in [-0.15, -0.1) is 0 Å². The number of imide groups is 4. The van der Waals surface area contributed by atoms with E-state index in [0.717, 1.165) is 135 Å². The molecule has 6 aliphatic rings. The van der Waals surface area contributed by atoms with Crippen molar-refractivity contribution in [1.29, 1.82) is 0 Å². The summed E-state index contributed by atoms with van der Waals surface area (Å²) in [6.07, 6.45) is 6.06. The molecule has 2 unspecified atom stereocenters. The van der Waals surface area contributed by atoms with Gasteiger partial charge in [0, 0.05) is 114 Å². The van der Waals surface area contributed by atoms with Crippen LogP contribution in [0.15, 0.2) is 81.8 Å². The maximum Gasteiger partial charge on any atom is 0.326 e. The zero-order chi connectivity index (χ0) is 96.7. The molecular weight excluding hydrogens is 1760 g/mol. The van der Waals surface area contributed by atoms with Crippen molar-refractivity contribution in [2.75, 3.05) is 119 Å². The van der Waals surface area contributed by atoms with Gasteiger partial charge in [0.2, 0.25) is 23.6 Å². The number of nitrogens with two attached hydrogens (primary N) is 1. The van der Waals surface area contributed by atoms with Crippen LogP contribution in [0.3, 0.4) is 0 Å². The number of anilines is 2. The summed E-state index contributed by atoms with van der Waals surface area (Å²) in [6, 6.07) is 19.7. The highest BCUT2D eigenvalue weighted by molar-refractivity contribution is 6.26. The van der Waals surface area contributed by atoms with Gasteiger partial charge in [0.1, 0.15) is 77.0 Å². The fourth-order valence-corrected chi connectivity index (χ4v) is 17.0. The number of amides is 8. The van der Waals surface area contributed by atoms with Crippen molar-refractivity contribution in [2.24, 2.45) is 5.73 Å². The average Bonchev–Trinajstić information content (AvgIpc) is 1.58. The van der Waals surface area contributed by atoms with E-state index in [2.05, 4.69) is 84.3 Å². The largest absolute Gasteiger partial charge is 0.496 e. The third-order valence-electron chi connectivity index (χ3n) is 23.8. The molecule has 4 fully saturated rings. The number of halogens is 1. The number of carbonyl (C=O) groups excluding carboxylic acids is 10. The van der Waals surface area contributed by atoms with Crippen LogP contribution in [0.1, 0.15) is 195 Å². The van der Waals surface area contributed by atoms with Crippen molar-refractivity contribution in [3.63, 3.8) is 0 Å². The Morgan fingerprint density at radius 1 is 0.559 bits per heavy atom. The van der Waals surface area contributed by atoms with E-state index in [-0.39, 0.29) is 117 Å². The maximum absolute atomic E-state index is 13.6. The van der Waals surface area contributed by atoms with Crippen molar-refractivity contribution in [3.8, 4) is 45.5 Å². The van der Waals surface area contributed by atoms with Crippen molar-refractivity contribution in [3.05, 3.63) is 152 Å². The first kappa shape index (κ1) is 95.2. The number of piperidine rings is 2. The Balaban J connectivity index is 0.000000169. The number of benzene rings is 4. The monoisotopic (exact) mass is 1870 g/mol. The molecule has 8 amide bonds. The number of alkyl halides is 1. The van der Waals surface area contributed by atoms with Crippen molar-refractivity contribution >= 4 is 115 Å². The van der Waals surface area contributed by atoms with E-state index < -0.39 is 66.5 Å². The molecular formula is C95H107FN18O22. The fourth-order valence-electron chi connectivity index (χ4n) is 17.0.